The Bertz CT molecular complexity index is 444. The Kier molecular flexibility index (Phi) is 2.91. The molecule has 1 unspecified atom stereocenters. The molecule has 0 spiro atoms. The molecule has 0 heterocycles. The summed E-state index contributed by atoms with van der Waals surface area (Å²) in [4.78, 5) is 10.8. The maximum absolute atomic E-state index is 10.8. The number of ether oxygens (including phenoxy) is 1. The molecule has 0 N–H and O–H groups in total. The molecular formula is C13H13NO2. The lowest BCUT2D eigenvalue weighted by Gasteiger charge is -2.13. The van der Waals surface area contributed by atoms with E-state index in [1.54, 1.807) is 18.2 Å². The molecule has 0 aliphatic heterocycles. The molecule has 16 heavy (non-hydrogen) atoms. The van der Waals surface area contributed by atoms with E-state index in [9.17, 15) is 4.79 Å². The van der Waals surface area contributed by atoms with E-state index in [0.29, 0.717) is 17.2 Å². The van der Waals surface area contributed by atoms with Gasteiger partial charge in [0, 0.05) is 5.92 Å². The first-order valence-corrected chi connectivity index (χ1v) is 5.37. The summed E-state index contributed by atoms with van der Waals surface area (Å²) in [6, 6.07) is 7.36. The van der Waals surface area contributed by atoms with Gasteiger partial charge in [0.05, 0.1) is 11.6 Å². The van der Waals surface area contributed by atoms with E-state index >= 15 is 0 Å². The van der Waals surface area contributed by atoms with E-state index in [2.05, 4.69) is 6.07 Å². The quantitative estimate of drug-likeness (QED) is 0.723. The van der Waals surface area contributed by atoms with E-state index in [-0.39, 0.29) is 6.10 Å². The molecule has 1 aromatic rings. The van der Waals surface area contributed by atoms with Crippen molar-refractivity contribution in [1.29, 1.82) is 5.26 Å². The molecule has 3 heteroatoms. The number of carbonyl (C=O) groups is 1. The van der Waals surface area contributed by atoms with E-state index in [4.69, 9.17) is 10.00 Å². The summed E-state index contributed by atoms with van der Waals surface area (Å²) in [6.45, 7) is 1.86. The van der Waals surface area contributed by atoms with Crippen LogP contribution in [-0.4, -0.2) is 12.4 Å². The largest absolute Gasteiger partial charge is 0.483 e. The van der Waals surface area contributed by atoms with Gasteiger partial charge < -0.3 is 4.74 Å². The number of rotatable bonds is 4. The smallest absolute Gasteiger partial charge is 0.160 e. The van der Waals surface area contributed by atoms with Crippen LogP contribution in [0.5, 0.6) is 5.75 Å². The molecule has 0 bridgehead atoms. The molecule has 1 aliphatic rings. The minimum absolute atomic E-state index is 0.327. The number of nitriles is 1. The number of hydrogen-bond donors (Lipinski definition) is 0. The third kappa shape index (κ3) is 2.22. The topological polar surface area (TPSA) is 50.1 Å². The Hall–Kier alpha value is -1.82. The van der Waals surface area contributed by atoms with Crippen LogP contribution in [0, 0.1) is 24.2 Å². The Morgan fingerprint density at radius 1 is 1.56 bits per heavy atom. The van der Waals surface area contributed by atoms with Gasteiger partial charge in [0.25, 0.3) is 0 Å². The van der Waals surface area contributed by atoms with Crippen LogP contribution in [0.3, 0.4) is 0 Å². The highest BCUT2D eigenvalue weighted by molar-refractivity contribution is 5.58. The van der Waals surface area contributed by atoms with Gasteiger partial charge in [-0.15, -0.1) is 0 Å². The first-order valence-electron chi connectivity index (χ1n) is 5.37. The van der Waals surface area contributed by atoms with Gasteiger partial charge in [0.15, 0.2) is 12.4 Å². The normalized spacial score (nSPS) is 16.2. The maximum Gasteiger partial charge on any atom is 0.160 e. The van der Waals surface area contributed by atoms with Gasteiger partial charge in [-0.3, -0.25) is 4.79 Å². The third-order valence-electron chi connectivity index (χ3n) is 2.81. The molecule has 3 nitrogen and oxygen atoms in total. The van der Waals surface area contributed by atoms with E-state index in [0.717, 1.165) is 24.7 Å². The van der Waals surface area contributed by atoms with Crippen LogP contribution in [0.4, 0.5) is 0 Å². The van der Waals surface area contributed by atoms with Gasteiger partial charge in [-0.05, 0) is 43.5 Å². The van der Waals surface area contributed by atoms with E-state index in [1.807, 2.05) is 6.92 Å². The second-order valence-electron chi connectivity index (χ2n) is 4.14. The standard InChI is InChI=1S/C13H13NO2/c1-9-6-12(5-4-11(9)7-14)16-13(8-15)10-2-3-10/h4-6,8,10,13H,2-3H2,1H3. The molecule has 1 fully saturated rings. The summed E-state index contributed by atoms with van der Waals surface area (Å²) in [5.74, 6) is 1.05. The minimum Gasteiger partial charge on any atom is -0.483 e. The van der Waals surface area contributed by atoms with E-state index < -0.39 is 0 Å². The fourth-order valence-electron chi connectivity index (χ4n) is 1.65. The molecule has 0 saturated heterocycles. The molecule has 82 valence electrons. The zero-order valence-corrected chi connectivity index (χ0v) is 9.14. The van der Waals surface area contributed by atoms with Crippen LogP contribution in [0.15, 0.2) is 18.2 Å². The monoisotopic (exact) mass is 215 g/mol. The van der Waals surface area contributed by atoms with Crippen LogP contribution in [0.25, 0.3) is 0 Å². The summed E-state index contributed by atoms with van der Waals surface area (Å²) < 4.78 is 5.59. The Labute approximate surface area is 94.6 Å². The van der Waals surface area contributed by atoms with Gasteiger partial charge in [-0.25, -0.2) is 0 Å². The van der Waals surface area contributed by atoms with Gasteiger partial charge in [-0.1, -0.05) is 0 Å². The number of nitrogens with zero attached hydrogens (tertiary/aromatic N) is 1. The molecule has 0 aromatic heterocycles. The summed E-state index contributed by atoms with van der Waals surface area (Å²) >= 11 is 0. The number of aldehydes is 1. The number of carbonyl (C=O) groups excluding carboxylic acids is 1. The Morgan fingerprint density at radius 2 is 2.31 bits per heavy atom. The fourth-order valence-corrected chi connectivity index (χ4v) is 1.65. The van der Waals surface area contributed by atoms with Crippen molar-refractivity contribution in [3.05, 3.63) is 29.3 Å². The van der Waals surface area contributed by atoms with Crippen molar-refractivity contribution in [1.82, 2.24) is 0 Å². The van der Waals surface area contributed by atoms with Gasteiger partial charge >= 0.3 is 0 Å². The van der Waals surface area contributed by atoms with Crippen molar-refractivity contribution in [2.45, 2.75) is 25.9 Å². The molecule has 1 saturated carbocycles. The maximum atomic E-state index is 10.8. The lowest BCUT2D eigenvalue weighted by atomic mass is 10.1. The zero-order chi connectivity index (χ0) is 11.5. The fraction of sp³-hybridized carbons (Fsp3) is 0.385. The number of aryl methyl sites for hydroxylation is 1. The van der Waals surface area contributed by atoms with Crippen molar-refractivity contribution in [3.8, 4) is 11.8 Å². The molecular weight excluding hydrogens is 202 g/mol. The third-order valence-corrected chi connectivity index (χ3v) is 2.81. The van der Waals surface area contributed by atoms with Crippen LogP contribution in [0.1, 0.15) is 24.0 Å². The number of hydrogen-bond acceptors (Lipinski definition) is 3. The number of benzene rings is 1. The minimum atomic E-state index is -0.327. The van der Waals surface area contributed by atoms with Gasteiger partial charge in [-0.2, -0.15) is 5.26 Å². The summed E-state index contributed by atoms with van der Waals surface area (Å²) in [5.41, 5.74) is 1.52. The molecule has 1 atom stereocenters. The Balaban J connectivity index is 2.12. The van der Waals surface area contributed by atoms with Crippen LogP contribution < -0.4 is 4.74 Å². The second-order valence-corrected chi connectivity index (χ2v) is 4.14. The van der Waals surface area contributed by atoms with Gasteiger partial charge in [0.2, 0.25) is 0 Å². The van der Waals surface area contributed by atoms with Crippen molar-refractivity contribution in [3.63, 3.8) is 0 Å². The van der Waals surface area contributed by atoms with Crippen molar-refractivity contribution in [2.24, 2.45) is 5.92 Å². The average molecular weight is 215 g/mol. The lowest BCUT2D eigenvalue weighted by Crippen LogP contribution is -2.20. The molecule has 1 aromatic carbocycles. The van der Waals surface area contributed by atoms with E-state index in [1.165, 1.54) is 0 Å². The summed E-state index contributed by atoms with van der Waals surface area (Å²) in [7, 11) is 0. The lowest BCUT2D eigenvalue weighted by molar-refractivity contribution is -0.114. The predicted molar refractivity (Wildman–Crippen MR) is 59.1 cm³/mol. The highest BCUT2D eigenvalue weighted by Gasteiger charge is 2.32. The first-order chi connectivity index (χ1) is 7.74. The van der Waals surface area contributed by atoms with Crippen LogP contribution in [0.2, 0.25) is 0 Å². The molecule has 1 aliphatic carbocycles. The molecule has 0 radical (unpaired) electrons. The highest BCUT2D eigenvalue weighted by atomic mass is 16.5. The zero-order valence-electron chi connectivity index (χ0n) is 9.14. The SMILES string of the molecule is Cc1cc(OC(C=O)C2CC2)ccc1C#N. The van der Waals surface area contributed by atoms with Crippen LogP contribution in [-0.2, 0) is 4.79 Å². The Morgan fingerprint density at radius 3 is 2.81 bits per heavy atom. The van der Waals surface area contributed by atoms with Gasteiger partial charge in [0.1, 0.15) is 5.75 Å². The predicted octanol–water partition coefficient (Wildman–Crippen LogP) is 2.22. The molecule has 2 rings (SSSR count). The first kappa shape index (κ1) is 10.7. The summed E-state index contributed by atoms with van der Waals surface area (Å²) in [5, 5.41) is 8.79. The molecule has 0 amide bonds. The van der Waals surface area contributed by atoms with Crippen molar-refractivity contribution in [2.75, 3.05) is 0 Å². The average Bonchev–Trinajstić information content (AvgIpc) is 3.10. The summed E-state index contributed by atoms with van der Waals surface area (Å²) in [6.07, 6.45) is 2.68. The van der Waals surface area contributed by atoms with Crippen molar-refractivity contribution < 1.29 is 9.53 Å². The second kappa shape index (κ2) is 4.36. The van der Waals surface area contributed by atoms with Crippen LogP contribution >= 0.6 is 0 Å². The van der Waals surface area contributed by atoms with Crippen molar-refractivity contribution >= 4 is 6.29 Å². The highest BCUT2D eigenvalue weighted by Crippen LogP contribution is 2.34.